The molecule has 0 aliphatic heterocycles. The van der Waals surface area contributed by atoms with Gasteiger partial charge in [0, 0.05) is 0 Å². The summed E-state index contributed by atoms with van der Waals surface area (Å²) >= 11 is 11.2. The number of ether oxygens (including phenoxy) is 1. The summed E-state index contributed by atoms with van der Waals surface area (Å²) in [7, 11) is 0. The van der Waals surface area contributed by atoms with Gasteiger partial charge in [-0.15, -0.1) is 0 Å². The first-order valence-electron chi connectivity index (χ1n) is 5.75. The van der Waals surface area contributed by atoms with Crippen molar-refractivity contribution >= 4 is 34.4 Å². The van der Waals surface area contributed by atoms with Crippen molar-refractivity contribution in [3.63, 3.8) is 0 Å². The molecule has 0 spiro atoms. The van der Waals surface area contributed by atoms with Gasteiger partial charge in [-0.25, -0.2) is 4.39 Å². The highest BCUT2D eigenvalue weighted by molar-refractivity contribution is 6.66. The highest BCUT2D eigenvalue weighted by Gasteiger charge is 2.44. The molecule has 0 radical (unpaired) electrons. The molecule has 19 heavy (non-hydrogen) atoms. The van der Waals surface area contributed by atoms with E-state index in [-0.39, 0.29) is 17.9 Å². The number of esters is 1. The van der Waals surface area contributed by atoms with E-state index in [0.29, 0.717) is 0 Å². The lowest BCUT2D eigenvalue weighted by molar-refractivity contribution is -0.150. The van der Waals surface area contributed by atoms with Crippen molar-refractivity contribution in [3.05, 3.63) is 29.0 Å². The van der Waals surface area contributed by atoms with Crippen LogP contribution in [-0.4, -0.2) is 11.2 Å². The van der Waals surface area contributed by atoms with E-state index in [2.05, 4.69) is 0 Å². The number of para-hydroxylation sites is 1. The number of hydrogen-bond donors (Lipinski definition) is 0. The van der Waals surface area contributed by atoms with Crippen LogP contribution in [0.1, 0.15) is 26.7 Å². The van der Waals surface area contributed by atoms with E-state index in [1.165, 1.54) is 12.1 Å². The van der Waals surface area contributed by atoms with Gasteiger partial charge in [0.15, 0.2) is 11.6 Å². The Balaban J connectivity index is 3.11. The zero-order valence-corrected chi connectivity index (χ0v) is 12.0. The maximum absolute atomic E-state index is 13.5. The van der Waals surface area contributed by atoms with Crippen molar-refractivity contribution in [3.8, 4) is 5.75 Å². The van der Waals surface area contributed by atoms with Crippen LogP contribution < -0.4 is 4.74 Å². The second kappa shape index (κ2) is 6.35. The summed E-state index contributed by atoms with van der Waals surface area (Å²) in [5.41, 5.74) is -1.48. The van der Waals surface area contributed by atoms with Gasteiger partial charge in [-0.2, -0.15) is 0 Å². The molecule has 0 N–H and O–H groups in total. The third-order valence-corrected chi connectivity index (χ3v) is 3.75. The summed E-state index contributed by atoms with van der Waals surface area (Å²) in [6.07, 6.45) is 0.327. The van der Waals surface area contributed by atoms with Crippen LogP contribution in [0.25, 0.3) is 0 Å². The van der Waals surface area contributed by atoms with Gasteiger partial charge < -0.3 is 4.74 Å². The molecule has 1 rings (SSSR count). The van der Waals surface area contributed by atoms with Crippen molar-refractivity contribution in [2.24, 2.45) is 5.41 Å². The van der Waals surface area contributed by atoms with E-state index in [4.69, 9.17) is 27.9 Å². The van der Waals surface area contributed by atoms with Crippen LogP contribution in [0.15, 0.2) is 18.2 Å². The van der Waals surface area contributed by atoms with Gasteiger partial charge in [-0.1, -0.05) is 31.5 Å². The number of rotatable bonds is 5. The lowest BCUT2D eigenvalue weighted by atomic mass is 9.84. The van der Waals surface area contributed by atoms with Gasteiger partial charge in [0.2, 0.25) is 5.24 Å². The SMILES string of the molecule is CCC(CC)(C(=O)Cl)C(=O)Oc1c(F)cccc1Cl. The van der Waals surface area contributed by atoms with Gasteiger partial charge in [-0.05, 0) is 36.6 Å². The van der Waals surface area contributed by atoms with Crippen LogP contribution in [0, 0.1) is 11.2 Å². The van der Waals surface area contributed by atoms with Crippen molar-refractivity contribution in [1.82, 2.24) is 0 Å². The number of carbonyl (C=O) groups excluding carboxylic acids is 2. The molecular weight excluding hydrogens is 294 g/mol. The Bertz CT molecular complexity index is 478. The summed E-state index contributed by atoms with van der Waals surface area (Å²) in [5.74, 6) is -2.06. The van der Waals surface area contributed by atoms with E-state index in [9.17, 15) is 14.0 Å². The molecule has 0 bridgehead atoms. The van der Waals surface area contributed by atoms with Crippen LogP contribution >= 0.6 is 23.2 Å². The van der Waals surface area contributed by atoms with Gasteiger partial charge in [0.25, 0.3) is 0 Å². The molecule has 0 heterocycles. The first-order valence-corrected chi connectivity index (χ1v) is 6.50. The Morgan fingerprint density at radius 1 is 1.32 bits per heavy atom. The van der Waals surface area contributed by atoms with Crippen LogP contribution in [0.5, 0.6) is 5.75 Å². The summed E-state index contributed by atoms with van der Waals surface area (Å²) in [4.78, 5) is 23.6. The Labute approximate surface area is 120 Å². The Morgan fingerprint density at radius 2 is 1.89 bits per heavy atom. The molecule has 1 aromatic rings. The molecule has 0 aromatic heterocycles. The molecular formula is C13H13Cl2FO3. The predicted molar refractivity (Wildman–Crippen MR) is 70.9 cm³/mol. The van der Waals surface area contributed by atoms with Crippen molar-refractivity contribution in [2.45, 2.75) is 26.7 Å². The average molecular weight is 307 g/mol. The molecule has 1 aromatic carbocycles. The van der Waals surface area contributed by atoms with Crippen LogP contribution in [-0.2, 0) is 9.59 Å². The van der Waals surface area contributed by atoms with Gasteiger partial charge >= 0.3 is 5.97 Å². The first-order chi connectivity index (χ1) is 8.89. The largest absolute Gasteiger partial charge is 0.421 e. The van der Waals surface area contributed by atoms with Crippen molar-refractivity contribution in [2.75, 3.05) is 0 Å². The van der Waals surface area contributed by atoms with Crippen LogP contribution in [0.3, 0.4) is 0 Å². The van der Waals surface area contributed by atoms with E-state index in [0.717, 1.165) is 6.07 Å². The summed E-state index contributed by atoms with van der Waals surface area (Å²) in [6, 6.07) is 3.88. The van der Waals surface area contributed by atoms with Crippen molar-refractivity contribution < 1.29 is 18.7 Å². The topological polar surface area (TPSA) is 43.4 Å². The van der Waals surface area contributed by atoms with Gasteiger partial charge in [0.05, 0.1) is 5.02 Å². The third-order valence-electron chi connectivity index (χ3n) is 3.09. The average Bonchev–Trinajstić information content (AvgIpc) is 2.36. The lowest BCUT2D eigenvalue weighted by Gasteiger charge is -2.24. The Kier molecular flexibility index (Phi) is 5.32. The quantitative estimate of drug-likeness (QED) is 0.358. The predicted octanol–water partition coefficient (Wildman–Crippen LogP) is 3.96. The molecule has 0 fully saturated rings. The van der Waals surface area contributed by atoms with E-state index < -0.39 is 28.2 Å². The molecule has 104 valence electrons. The number of halogens is 3. The minimum Gasteiger partial charge on any atom is -0.421 e. The van der Waals surface area contributed by atoms with E-state index in [1.807, 2.05) is 0 Å². The monoisotopic (exact) mass is 306 g/mol. The van der Waals surface area contributed by atoms with Crippen LogP contribution in [0.4, 0.5) is 4.39 Å². The van der Waals surface area contributed by atoms with E-state index >= 15 is 0 Å². The first kappa shape index (κ1) is 15.9. The smallest absolute Gasteiger partial charge is 0.326 e. The third kappa shape index (κ3) is 3.07. The van der Waals surface area contributed by atoms with Gasteiger partial charge in [0.1, 0.15) is 5.41 Å². The standard InChI is InChI=1S/C13H13Cl2FO3/c1-3-13(4-2,11(15)17)12(18)19-10-8(14)6-5-7-9(10)16/h5-7H,3-4H2,1-2H3. The minimum atomic E-state index is -1.48. The molecule has 0 aliphatic rings. The maximum atomic E-state index is 13.5. The molecule has 0 atom stereocenters. The number of hydrogen-bond acceptors (Lipinski definition) is 3. The Hall–Kier alpha value is -1.13. The lowest BCUT2D eigenvalue weighted by Crippen LogP contribution is -2.39. The maximum Gasteiger partial charge on any atom is 0.326 e. The van der Waals surface area contributed by atoms with E-state index in [1.54, 1.807) is 13.8 Å². The Morgan fingerprint density at radius 3 is 2.32 bits per heavy atom. The number of benzene rings is 1. The van der Waals surface area contributed by atoms with Crippen molar-refractivity contribution in [1.29, 1.82) is 0 Å². The zero-order chi connectivity index (χ0) is 14.6. The second-order valence-corrected chi connectivity index (χ2v) is 4.75. The second-order valence-electron chi connectivity index (χ2n) is 4.00. The minimum absolute atomic E-state index is 0.0449. The molecule has 6 heteroatoms. The zero-order valence-electron chi connectivity index (χ0n) is 10.5. The normalized spacial score (nSPS) is 11.2. The van der Waals surface area contributed by atoms with Crippen LogP contribution in [0.2, 0.25) is 5.02 Å². The summed E-state index contributed by atoms with van der Waals surface area (Å²) < 4.78 is 18.5. The fraction of sp³-hybridized carbons (Fsp3) is 0.385. The molecule has 0 saturated carbocycles. The molecule has 0 unspecified atom stereocenters. The highest BCUT2D eigenvalue weighted by Crippen LogP contribution is 2.34. The summed E-state index contributed by atoms with van der Waals surface area (Å²) in [5, 5.41) is -0.869. The molecule has 0 saturated heterocycles. The highest BCUT2D eigenvalue weighted by atomic mass is 35.5. The summed E-state index contributed by atoms with van der Waals surface area (Å²) in [6.45, 7) is 3.27. The fourth-order valence-corrected chi connectivity index (χ4v) is 2.21. The van der Waals surface area contributed by atoms with Gasteiger partial charge in [-0.3, -0.25) is 9.59 Å². The molecule has 0 aliphatic carbocycles. The molecule has 3 nitrogen and oxygen atoms in total. The fourth-order valence-electron chi connectivity index (χ4n) is 1.67. The molecule has 0 amide bonds. The number of carbonyl (C=O) groups is 2.